The minimum Gasteiger partial charge on any atom is -0.314 e. The summed E-state index contributed by atoms with van der Waals surface area (Å²) in [5, 5.41) is 3.53. The van der Waals surface area contributed by atoms with E-state index in [4.69, 9.17) is 0 Å². The van der Waals surface area contributed by atoms with Crippen molar-refractivity contribution in [2.75, 3.05) is 6.54 Å². The second-order valence-electron chi connectivity index (χ2n) is 5.39. The monoisotopic (exact) mass is 217 g/mol. The number of hydrogen-bond donors (Lipinski definition) is 1. The van der Waals surface area contributed by atoms with Crippen molar-refractivity contribution in [1.29, 1.82) is 0 Å². The molecule has 1 heterocycles. The molecule has 88 valence electrons. The van der Waals surface area contributed by atoms with Crippen LogP contribution in [0.4, 0.5) is 0 Å². The number of aryl methyl sites for hydroxylation is 3. The van der Waals surface area contributed by atoms with E-state index >= 15 is 0 Å². The smallest absolute Gasteiger partial charge is 0.00445 e. The van der Waals surface area contributed by atoms with Crippen LogP contribution in [0, 0.1) is 20.8 Å². The summed E-state index contributed by atoms with van der Waals surface area (Å²) in [6, 6.07) is 5.32. The van der Waals surface area contributed by atoms with Gasteiger partial charge in [0.25, 0.3) is 0 Å². The van der Waals surface area contributed by atoms with Crippen molar-refractivity contribution in [2.45, 2.75) is 52.5 Å². The maximum Gasteiger partial charge on any atom is 0.00445 e. The van der Waals surface area contributed by atoms with Gasteiger partial charge in [0.2, 0.25) is 0 Å². The molecule has 1 aromatic rings. The zero-order valence-corrected chi connectivity index (χ0v) is 10.9. The summed E-state index contributed by atoms with van der Waals surface area (Å²) in [4.78, 5) is 0. The first kappa shape index (κ1) is 11.7. The van der Waals surface area contributed by atoms with Crippen LogP contribution in [0.15, 0.2) is 12.1 Å². The zero-order valence-electron chi connectivity index (χ0n) is 10.9. The second kappa shape index (κ2) is 4.58. The van der Waals surface area contributed by atoms with E-state index in [1.54, 1.807) is 5.56 Å². The number of piperidine rings is 1. The van der Waals surface area contributed by atoms with Gasteiger partial charge in [-0.15, -0.1) is 0 Å². The first-order chi connectivity index (χ1) is 7.58. The van der Waals surface area contributed by atoms with Crippen molar-refractivity contribution in [3.8, 4) is 0 Å². The molecular weight excluding hydrogens is 194 g/mol. The molecule has 0 bridgehead atoms. The van der Waals surface area contributed by atoms with E-state index in [0.717, 1.165) is 5.92 Å². The number of hydrogen-bond acceptors (Lipinski definition) is 1. The van der Waals surface area contributed by atoms with Gasteiger partial charge in [-0.1, -0.05) is 17.7 Å². The molecule has 16 heavy (non-hydrogen) atoms. The largest absolute Gasteiger partial charge is 0.314 e. The fourth-order valence-electron chi connectivity index (χ4n) is 3.23. The Bertz CT molecular complexity index is 358. The van der Waals surface area contributed by atoms with Crippen LogP contribution in [0.3, 0.4) is 0 Å². The predicted molar refractivity (Wildman–Crippen MR) is 70.1 cm³/mol. The normalized spacial score (nSPS) is 25.8. The molecule has 1 saturated heterocycles. The van der Waals surface area contributed by atoms with Crippen LogP contribution in [-0.4, -0.2) is 12.6 Å². The lowest BCUT2D eigenvalue weighted by molar-refractivity contribution is 0.379. The standard InChI is InChI=1S/C15H23N/c1-10-7-11(2)15(12(3)8-10)14-5-6-16-13(4)9-14/h7-8,13-14,16H,5-6,9H2,1-4H3. The Balaban J connectivity index is 2.32. The van der Waals surface area contributed by atoms with E-state index in [9.17, 15) is 0 Å². The SMILES string of the molecule is Cc1cc(C)c(C2CCNC(C)C2)c(C)c1. The van der Waals surface area contributed by atoms with Crippen LogP contribution >= 0.6 is 0 Å². The molecule has 0 amide bonds. The molecule has 2 atom stereocenters. The quantitative estimate of drug-likeness (QED) is 0.759. The lowest BCUT2D eigenvalue weighted by Gasteiger charge is -2.30. The Morgan fingerprint density at radius 2 is 1.75 bits per heavy atom. The molecule has 0 aliphatic carbocycles. The van der Waals surface area contributed by atoms with Crippen LogP contribution < -0.4 is 5.32 Å². The molecule has 1 N–H and O–H groups in total. The molecule has 0 aromatic heterocycles. The summed E-state index contributed by atoms with van der Waals surface area (Å²) in [5.74, 6) is 0.761. The fourth-order valence-corrected chi connectivity index (χ4v) is 3.23. The van der Waals surface area contributed by atoms with E-state index in [1.807, 2.05) is 0 Å². The van der Waals surface area contributed by atoms with Crippen molar-refractivity contribution in [1.82, 2.24) is 5.32 Å². The predicted octanol–water partition coefficient (Wildman–Crippen LogP) is 3.47. The van der Waals surface area contributed by atoms with E-state index < -0.39 is 0 Å². The maximum atomic E-state index is 3.53. The lowest BCUT2D eigenvalue weighted by atomic mass is 9.82. The van der Waals surface area contributed by atoms with Gasteiger partial charge in [-0.2, -0.15) is 0 Å². The summed E-state index contributed by atoms with van der Waals surface area (Å²) in [5.41, 5.74) is 5.97. The Morgan fingerprint density at radius 1 is 1.12 bits per heavy atom. The zero-order chi connectivity index (χ0) is 11.7. The van der Waals surface area contributed by atoms with Gasteiger partial charge < -0.3 is 5.32 Å². The maximum absolute atomic E-state index is 3.53. The van der Waals surface area contributed by atoms with Crippen LogP contribution in [0.5, 0.6) is 0 Å². The van der Waals surface area contributed by atoms with Gasteiger partial charge in [-0.25, -0.2) is 0 Å². The fraction of sp³-hybridized carbons (Fsp3) is 0.600. The highest BCUT2D eigenvalue weighted by Crippen LogP contribution is 2.32. The van der Waals surface area contributed by atoms with E-state index in [1.165, 1.54) is 36.1 Å². The summed E-state index contributed by atoms with van der Waals surface area (Å²) < 4.78 is 0. The minimum absolute atomic E-state index is 0.666. The van der Waals surface area contributed by atoms with Crippen molar-refractivity contribution in [3.05, 3.63) is 34.4 Å². The van der Waals surface area contributed by atoms with E-state index in [0.29, 0.717) is 6.04 Å². The van der Waals surface area contributed by atoms with Crippen LogP contribution in [0.2, 0.25) is 0 Å². The molecule has 0 radical (unpaired) electrons. The highest BCUT2D eigenvalue weighted by Gasteiger charge is 2.22. The number of rotatable bonds is 1. The van der Waals surface area contributed by atoms with Crippen molar-refractivity contribution >= 4 is 0 Å². The molecule has 0 spiro atoms. The van der Waals surface area contributed by atoms with E-state index in [2.05, 4.69) is 45.1 Å². The van der Waals surface area contributed by atoms with Crippen molar-refractivity contribution in [3.63, 3.8) is 0 Å². The number of nitrogens with one attached hydrogen (secondary N) is 1. The molecule has 1 aliphatic rings. The molecular formula is C15H23N. The van der Waals surface area contributed by atoms with Gasteiger partial charge in [-0.05, 0) is 69.7 Å². The highest BCUT2D eigenvalue weighted by molar-refractivity contribution is 5.40. The van der Waals surface area contributed by atoms with Gasteiger partial charge in [-0.3, -0.25) is 0 Å². The average Bonchev–Trinajstić information content (AvgIpc) is 2.15. The lowest BCUT2D eigenvalue weighted by Crippen LogP contribution is -2.35. The molecule has 1 aromatic carbocycles. The van der Waals surface area contributed by atoms with Crippen LogP contribution in [-0.2, 0) is 0 Å². The number of benzene rings is 1. The van der Waals surface area contributed by atoms with Crippen molar-refractivity contribution < 1.29 is 0 Å². The summed E-state index contributed by atoms with van der Waals surface area (Å²) >= 11 is 0. The molecule has 1 nitrogen and oxygen atoms in total. The van der Waals surface area contributed by atoms with Gasteiger partial charge >= 0.3 is 0 Å². The third-order valence-corrected chi connectivity index (χ3v) is 3.77. The Hall–Kier alpha value is -0.820. The topological polar surface area (TPSA) is 12.0 Å². The molecule has 0 saturated carbocycles. The van der Waals surface area contributed by atoms with Crippen LogP contribution in [0.1, 0.15) is 47.9 Å². The third kappa shape index (κ3) is 2.30. The highest BCUT2D eigenvalue weighted by atomic mass is 14.9. The molecule has 1 fully saturated rings. The Labute approximate surface area is 99.3 Å². The summed E-state index contributed by atoms with van der Waals surface area (Å²) in [6.07, 6.45) is 2.57. The first-order valence-electron chi connectivity index (χ1n) is 6.39. The second-order valence-corrected chi connectivity index (χ2v) is 5.39. The third-order valence-electron chi connectivity index (χ3n) is 3.77. The van der Waals surface area contributed by atoms with Gasteiger partial charge in [0, 0.05) is 6.04 Å². The van der Waals surface area contributed by atoms with Gasteiger partial charge in [0.15, 0.2) is 0 Å². The Kier molecular flexibility index (Phi) is 3.34. The van der Waals surface area contributed by atoms with Gasteiger partial charge in [0.1, 0.15) is 0 Å². The summed E-state index contributed by atoms with van der Waals surface area (Å²) in [6.45, 7) is 10.2. The minimum atomic E-state index is 0.666. The molecule has 2 rings (SSSR count). The molecule has 1 heteroatoms. The van der Waals surface area contributed by atoms with Gasteiger partial charge in [0.05, 0.1) is 0 Å². The van der Waals surface area contributed by atoms with Crippen molar-refractivity contribution in [2.24, 2.45) is 0 Å². The molecule has 2 unspecified atom stereocenters. The Morgan fingerprint density at radius 3 is 2.31 bits per heavy atom. The first-order valence-corrected chi connectivity index (χ1v) is 6.39. The average molecular weight is 217 g/mol. The van der Waals surface area contributed by atoms with Crippen LogP contribution in [0.25, 0.3) is 0 Å². The van der Waals surface area contributed by atoms with E-state index in [-0.39, 0.29) is 0 Å². The molecule has 1 aliphatic heterocycles. The summed E-state index contributed by atoms with van der Waals surface area (Å²) in [7, 11) is 0.